The van der Waals surface area contributed by atoms with E-state index in [4.69, 9.17) is 11.6 Å². The molecule has 2 aromatic rings. The molecule has 0 bridgehead atoms. The fraction of sp³-hybridized carbons (Fsp3) is 0.263. The Morgan fingerprint density at radius 3 is 2.52 bits per heavy atom. The molecule has 3 rings (SSSR count). The van der Waals surface area contributed by atoms with Gasteiger partial charge in [-0.2, -0.15) is 5.10 Å². The molecule has 2 atom stereocenters. The van der Waals surface area contributed by atoms with Crippen LogP contribution in [0.1, 0.15) is 36.8 Å². The van der Waals surface area contributed by atoms with E-state index in [2.05, 4.69) is 22.7 Å². The summed E-state index contributed by atoms with van der Waals surface area (Å²) < 4.78 is 0. The van der Waals surface area contributed by atoms with Crippen LogP contribution in [-0.2, 0) is 4.79 Å². The van der Waals surface area contributed by atoms with Crippen LogP contribution in [0.4, 0.5) is 0 Å². The van der Waals surface area contributed by atoms with Gasteiger partial charge in [-0.3, -0.25) is 4.79 Å². The van der Waals surface area contributed by atoms with Crippen LogP contribution in [-0.4, -0.2) is 11.6 Å². The van der Waals surface area contributed by atoms with Gasteiger partial charge in [0.15, 0.2) is 0 Å². The van der Waals surface area contributed by atoms with Gasteiger partial charge in [-0.15, -0.1) is 0 Å². The lowest BCUT2D eigenvalue weighted by molar-refractivity contribution is -0.122. The quantitative estimate of drug-likeness (QED) is 0.643. The van der Waals surface area contributed by atoms with Gasteiger partial charge < -0.3 is 0 Å². The summed E-state index contributed by atoms with van der Waals surface area (Å²) in [5.74, 6) is 0.357. The zero-order valence-corrected chi connectivity index (χ0v) is 13.8. The summed E-state index contributed by atoms with van der Waals surface area (Å²) in [7, 11) is 0. The van der Waals surface area contributed by atoms with Crippen LogP contribution in [0.5, 0.6) is 0 Å². The molecule has 2 unspecified atom stereocenters. The van der Waals surface area contributed by atoms with Crippen molar-refractivity contribution in [2.45, 2.75) is 25.7 Å². The molecule has 1 aliphatic carbocycles. The smallest absolute Gasteiger partial charge is 0.243 e. The Bertz CT molecular complexity index is 710. The normalized spacial score (nSPS) is 20.2. The second kappa shape index (κ2) is 6.97. The van der Waals surface area contributed by atoms with Crippen LogP contribution in [0, 0.1) is 5.92 Å². The average molecular weight is 327 g/mol. The second-order valence-electron chi connectivity index (χ2n) is 5.75. The zero-order chi connectivity index (χ0) is 16.2. The third kappa shape index (κ3) is 3.80. The highest BCUT2D eigenvalue weighted by Gasteiger charge is 2.43. The van der Waals surface area contributed by atoms with E-state index in [9.17, 15) is 4.79 Å². The van der Waals surface area contributed by atoms with Crippen molar-refractivity contribution in [3.8, 4) is 0 Å². The molecule has 0 spiro atoms. The van der Waals surface area contributed by atoms with Gasteiger partial charge in [0.05, 0.1) is 5.71 Å². The fourth-order valence-electron chi connectivity index (χ4n) is 2.75. The molecule has 3 nitrogen and oxygen atoms in total. The number of nitrogens with zero attached hydrogens (tertiary/aromatic N) is 1. The predicted octanol–water partition coefficient (Wildman–Crippen LogP) is 4.37. The lowest BCUT2D eigenvalue weighted by atomic mass is 10.1. The second-order valence-corrected chi connectivity index (χ2v) is 6.19. The molecule has 1 amide bonds. The minimum atomic E-state index is -0.00114. The Morgan fingerprint density at radius 2 is 1.87 bits per heavy atom. The van der Waals surface area contributed by atoms with Gasteiger partial charge in [0.2, 0.25) is 5.91 Å². The van der Waals surface area contributed by atoms with Crippen molar-refractivity contribution in [1.29, 1.82) is 0 Å². The van der Waals surface area contributed by atoms with Crippen molar-refractivity contribution >= 4 is 23.2 Å². The molecule has 0 saturated heterocycles. The number of hydrogen-bond donors (Lipinski definition) is 1. The van der Waals surface area contributed by atoms with E-state index >= 15 is 0 Å². The first-order valence-electron chi connectivity index (χ1n) is 7.86. The van der Waals surface area contributed by atoms with E-state index in [0.29, 0.717) is 10.9 Å². The summed E-state index contributed by atoms with van der Waals surface area (Å²) in [6.45, 7) is 2.02. The molecule has 2 aromatic carbocycles. The Kier molecular flexibility index (Phi) is 4.77. The molecule has 1 saturated carbocycles. The monoisotopic (exact) mass is 326 g/mol. The van der Waals surface area contributed by atoms with E-state index in [1.807, 2.05) is 49.4 Å². The van der Waals surface area contributed by atoms with Crippen LogP contribution >= 0.6 is 11.6 Å². The number of rotatable bonds is 5. The van der Waals surface area contributed by atoms with E-state index in [1.54, 1.807) is 0 Å². The predicted molar refractivity (Wildman–Crippen MR) is 93.7 cm³/mol. The largest absolute Gasteiger partial charge is 0.273 e. The molecule has 1 aliphatic rings. The van der Waals surface area contributed by atoms with Gasteiger partial charge in [-0.25, -0.2) is 5.43 Å². The zero-order valence-electron chi connectivity index (χ0n) is 13.0. The Balaban J connectivity index is 1.63. The van der Waals surface area contributed by atoms with Crippen molar-refractivity contribution in [1.82, 2.24) is 5.43 Å². The molecule has 118 valence electrons. The maximum atomic E-state index is 12.3. The van der Waals surface area contributed by atoms with Gasteiger partial charge in [0.25, 0.3) is 0 Å². The van der Waals surface area contributed by atoms with Gasteiger partial charge in [-0.05, 0) is 42.0 Å². The van der Waals surface area contributed by atoms with Crippen molar-refractivity contribution < 1.29 is 4.79 Å². The highest BCUT2D eigenvalue weighted by molar-refractivity contribution is 6.30. The third-order valence-electron chi connectivity index (χ3n) is 4.17. The van der Waals surface area contributed by atoms with Crippen LogP contribution in [0.2, 0.25) is 5.02 Å². The summed E-state index contributed by atoms with van der Waals surface area (Å²) >= 11 is 5.90. The van der Waals surface area contributed by atoms with E-state index in [-0.39, 0.29) is 11.8 Å². The Morgan fingerprint density at radius 1 is 1.17 bits per heavy atom. The van der Waals surface area contributed by atoms with Crippen LogP contribution in [0.3, 0.4) is 0 Å². The van der Waals surface area contributed by atoms with Crippen LogP contribution < -0.4 is 5.43 Å². The van der Waals surface area contributed by atoms with Gasteiger partial charge in [0, 0.05) is 10.9 Å². The maximum Gasteiger partial charge on any atom is 0.243 e. The van der Waals surface area contributed by atoms with Crippen LogP contribution in [0.15, 0.2) is 59.7 Å². The number of benzene rings is 2. The van der Waals surface area contributed by atoms with Gasteiger partial charge in [-0.1, -0.05) is 61.0 Å². The number of hydrogen-bond acceptors (Lipinski definition) is 2. The molecule has 1 N–H and O–H groups in total. The Labute approximate surface area is 141 Å². The molecule has 1 fully saturated rings. The summed E-state index contributed by atoms with van der Waals surface area (Å²) in [6.07, 6.45) is 1.64. The highest BCUT2D eigenvalue weighted by Crippen LogP contribution is 2.47. The molecular weight excluding hydrogens is 308 g/mol. The minimum Gasteiger partial charge on any atom is -0.273 e. The molecule has 0 radical (unpaired) electrons. The molecule has 0 heterocycles. The standard InChI is InChI=1S/C19H19ClN2O/c1-2-18(14-8-10-15(20)11-9-14)21-22-19(23)17-12-16(17)13-6-4-3-5-7-13/h3-11,16-17H,2,12H2,1H3,(H,22,23). The van der Waals surface area contributed by atoms with Crippen molar-refractivity contribution in [2.24, 2.45) is 11.0 Å². The lowest BCUT2D eigenvalue weighted by Crippen LogP contribution is -2.22. The topological polar surface area (TPSA) is 41.5 Å². The third-order valence-corrected chi connectivity index (χ3v) is 4.42. The van der Waals surface area contributed by atoms with Gasteiger partial charge >= 0.3 is 0 Å². The average Bonchev–Trinajstić information content (AvgIpc) is 3.38. The Hall–Kier alpha value is -2.13. The number of carbonyl (C=O) groups is 1. The van der Waals surface area contributed by atoms with E-state index in [0.717, 1.165) is 24.1 Å². The first-order chi connectivity index (χ1) is 11.2. The number of halogens is 1. The number of hydrazone groups is 1. The maximum absolute atomic E-state index is 12.3. The first-order valence-corrected chi connectivity index (χ1v) is 8.24. The van der Waals surface area contributed by atoms with E-state index < -0.39 is 0 Å². The summed E-state index contributed by atoms with van der Waals surface area (Å²) in [5.41, 5.74) is 5.78. The minimum absolute atomic E-state index is 0.00114. The summed E-state index contributed by atoms with van der Waals surface area (Å²) in [4.78, 5) is 12.3. The number of carbonyl (C=O) groups excluding carboxylic acids is 1. The lowest BCUT2D eigenvalue weighted by Gasteiger charge is -2.05. The molecule has 0 aliphatic heterocycles. The number of amides is 1. The highest BCUT2D eigenvalue weighted by atomic mass is 35.5. The fourth-order valence-corrected chi connectivity index (χ4v) is 2.87. The van der Waals surface area contributed by atoms with Gasteiger partial charge in [0.1, 0.15) is 0 Å². The molecule has 4 heteroatoms. The number of nitrogens with one attached hydrogen (secondary N) is 1. The van der Waals surface area contributed by atoms with Crippen molar-refractivity contribution in [2.75, 3.05) is 0 Å². The SMILES string of the molecule is CCC(=NNC(=O)C1CC1c1ccccc1)c1ccc(Cl)cc1. The van der Waals surface area contributed by atoms with Crippen LogP contribution in [0.25, 0.3) is 0 Å². The van der Waals surface area contributed by atoms with Crippen molar-refractivity contribution in [3.05, 3.63) is 70.7 Å². The van der Waals surface area contributed by atoms with E-state index in [1.165, 1.54) is 5.56 Å². The summed E-state index contributed by atoms with van der Waals surface area (Å²) in [6, 6.07) is 17.7. The first kappa shape index (κ1) is 15.8. The summed E-state index contributed by atoms with van der Waals surface area (Å²) in [5, 5.41) is 5.00. The molecule has 0 aromatic heterocycles. The molecular formula is C19H19ClN2O. The van der Waals surface area contributed by atoms with Crippen molar-refractivity contribution in [3.63, 3.8) is 0 Å². The molecule has 23 heavy (non-hydrogen) atoms.